The van der Waals surface area contributed by atoms with E-state index in [1.165, 1.54) is 12.1 Å². The summed E-state index contributed by atoms with van der Waals surface area (Å²) < 4.78 is 18.9. The summed E-state index contributed by atoms with van der Waals surface area (Å²) in [6, 6.07) is 4.07. The van der Waals surface area contributed by atoms with Crippen LogP contribution in [0.15, 0.2) is 22.7 Å². The molecule has 0 bridgehead atoms. The van der Waals surface area contributed by atoms with Gasteiger partial charge < -0.3 is 4.74 Å². The van der Waals surface area contributed by atoms with Crippen molar-refractivity contribution in [3.05, 3.63) is 44.4 Å². The quantitative estimate of drug-likeness (QED) is 0.751. The van der Waals surface area contributed by atoms with E-state index in [0.29, 0.717) is 21.6 Å². The molecule has 0 N–H and O–H groups in total. The minimum Gasteiger partial charge on any atom is -0.378 e. The van der Waals surface area contributed by atoms with E-state index in [2.05, 4.69) is 25.9 Å². The Kier molecular flexibility index (Phi) is 4.73. The maximum atomic E-state index is 13.3. The van der Waals surface area contributed by atoms with Crippen molar-refractivity contribution in [2.75, 3.05) is 7.11 Å². The number of hydrogen-bond donors (Lipinski definition) is 0. The lowest BCUT2D eigenvalue weighted by molar-refractivity contribution is 0.181. The van der Waals surface area contributed by atoms with Gasteiger partial charge in [0.15, 0.2) is 5.82 Å². The molecule has 0 fully saturated rings. The fourth-order valence-corrected chi connectivity index (χ4v) is 2.21. The number of nitrogens with zero attached hydrogens (tertiary/aromatic N) is 2. The number of halogens is 4. The summed E-state index contributed by atoms with van der Waals surface area (Å²) in [5, 5.41) is 0.503. The van der Waals surface area contributed by atoms with Gasteiger partial charge in [-0.2, -0.15) is 0 Å². The lowest BCUT2D eigenvalue weighted by atomic mass is 10.2. The summed E-state index contributed by atoms with van der Waals surface area (Å²) in [6.45, 7) is 0.263. The third-order valence-electron chi connectivity index (χ3n) is 2.28. The number of rotatable bonds is 3. The molecule has 1 aromatic carbocycles. The molecule has 1 aromatic heterocycles. The van der Waals surface area contributed by atoms with Gasteiger partial charge in [-0.3, -0.25) is 0 Å². The van der Waals surface area contributed by atoms with Crippen LogP contribution in [0.3, 0.4) is 0 Å². The Morgan fingerprint density at radius 1 is 1.26 bits per heavy atom. The van der Waals surface area contributed by atoms with Crippen LogP contribution in [0.2, 0.25) is 10.2 Å². The zero-order valence-corrected chi connectivity index (χ0v) is 12.9. The van der Waals surface area contributed by atoms with E-state index in [9.17, 15) is 4.39 Å². The molecule has 2 rings (SSSR count). The first-order valence-electron chi connectivity index (χ1n) is 5.18. The molecule has 0 atom stereocenters. The van der Waals surface area contributed by atoms with E-state index >= 15 is 0 Å². The first-order chi connectivity index (χ1) is 9.01. The predicted molar refractivity (Wildman–Crippen MR) is 75.9 cm³/mol. The van der Waals surface area contributed by atoms with Crippen molar-refractivity contribution in [1.82, 2.24) is 9.97 Å². The molecule has 0 aliphatic carbocycles. The van der Waals surface area contributed by atoms with Crippen LogP contribution in [0.4, 0.5) is 4.39 Å². The van der Waals surface area contributed by atoms with Crippen molar-refractivity contribution in [3.8, 4) is 11.4 Å². The molecule has 0 saturated carbocycles. The van der Waals surface area contributed by atoms with Crippen molar-refractivity contribution < 1.29 is 9.13 Å². The Labute approximate surface area is 127 Å². The third-order valence-corrected chi connectivity index (χ3v) is 3.83. The predicted octanol–water partition coefficient (Wildman–Crippen LogP) is 4.50. The Balaban J connectivity index is 2.55. The van der Waals surface area contributed by atoms with E-state index in [4.69, 9.17) is 27.9 Å². The highest BCUT2D eigenvalue weighted by atomic mass is 79.9. The highest BCUT2D eigenvalue weighted by Crippen LogP contribution is 2.28. The second-order valence-electron chi connectivity index (χ2n) is 3.69. The average Bonchev–Trinajstić information content (AvgIpc) is 2.33. The Hall–Kier alpha value is -0.750. The highest BCUT2D eigenvalue weighted by Gasteiger charge is 2.13. The summed E-state index contributed by atoms with van der Waals surface area (Å²) in [4.78, 5) is 8.38. The van der Waals surface area contributed by atoms with Crippen LogP contribution in [0, 0.1) is 5.82 Å². The van der Waals surface area contributed by atoms with Crippen LogP contribution < -0.4 is 0 Å². The first-order valence-corrected chi connectivity index (χ1v) is 6.73. The summed E-state index contributed by atoms with van der Waals surface area (Å²) in [7, 11) is 1.54. The summed E-state index contributed by atoms with van der Waals surface area (Å²) in [5.41, 5.74) is 1.04. The van der Waals surface area contributed by atoms with Crippen LogP contribution in [0.25, 0.3) is 11.4 Å². The molecule has 0 unspecified atom stereocenters. The van der Waals surface area contributed by atoms with Gasteiger partial charge in [-0.05, 0) is 34.1 Å². The molecule has 2 aromatic rings. The molecule has 3 nitrogen and oxygen atoms in total. The zero-order chi connectivity index (χ0) is 14.0. The normalized spacial score (nSPS) is 10.8. The summed E-state index contributed by atoms with van der Waals surface area (Å²) in [5.74, 6) is -0.167. The van der Waals surface area contributed by atoms with Crippen molar-refractivity contribution in [3.63, 3.8) is 0 Å². The molecule has 0 aliphatic rings. The SMILES string of the molecule is COCc1nc(-c2cc(F)cc(Cl)c2)nc(Cl)c1Br. The molecule has 0 aliphatic heterocycles. The average molecular weight is 366 g/mol. The van der Waals surface area contributed by atoms with Gasteiger partial charge in [0.05, 0.1) is 16.8 Å². The number of aromatic nitrogens is 2. The molecule has 100 valence electrons. The van der Waals surface area contributed by atoms with E-state index < -0.39 is 5.82 Å². The van der Waals surface area contributed by atoms with Gasteiger partial charge in [-0.1, -0.05) is 23.2 Å². The van der Waals surface area contributed by atoms with Crippen LogP contribution >= 0.6 is 39.1 Å². The second-order valence-corrected chi connectivity index (χ2v) is 5.28. The van der Waals surface area contributed by atoms with Crippen molar-refractivity contribution in [2.24, 2.45) is 0 Å². The molecular formula is C12H8BrCl2FN2O. The smallest absolute Gasteiger partial charge is 0.161 e. The number of ether oxygens (including phenoxy) is 1. The molecule has 19 heavy (non-hydrogen) atoms. The van der Waals surface area contributed by atoms with Gasteiger partial charge in [0.2, 0.25) is 0 Å². The monoisotopic (exact) mass is 364 g/mol. The zero-order valence-electron chi connectivity index (χ0n) is 9.75. The molecule has 0 saturated heterocycles. The van der Waals surface area contributed by atoms with Crippen LogP contribution in [0.1, 0.15) is 5.69 Å². The van der Waals surface area contributed by atoms with Crippen LogP contribution in [-0.4, -0.2) is 17.1 Å². The van der Waals surface area contributed by atoms with E-state index in [1.807, 2.05) is 0 Å². The number of hydrogen-bond acceptors (Lipinski definition) is 3. The number of methoxy groups -OCH3 is 1. The first kappa shape index (κ1) is 14.7. The summed E-state index contributed by atoms with van der Waals surface area (Å²) >= 11 is 15.1. The lowest BCUT2D eigenvalue weighted by Gasteiger charge is -2.08. The largest absolute Gasteiger partial charge is 0.378 e. The maximum Gasteiger partial charge on any atom is 0.161 e. The Morgan fingerprint density at radius 3 is 2.63 bits per heavy atom. The standard InChI is InChI=1S/C12H8BrCl2FN2O/c1-19-5-9-10(13)11(15)18-12(17-9)6-2-7(14)4-8(16)3-6/h2-4H,5H2,1H3. The topological polar surface area (TPSA) is 35.0 Å². The second kappa shape index (κ2) is 6.13. The van der Waals surface area contributed by atoms with E-state index in [0.717, 1.165) is 0 Å². The van der Waals surface area contributed by atoms with Gasteiger partial charge in [0.25, 0.3) is 0 Å². The fraction of sp³-hybridized carbons (Fsp3) is 0.167. The maximum absolute atomic E-state index is 13.3. The minimum absolute atomic E-state index is 0.234. The number of benzene rings is 1. The van der Waals surface area contributed by atoms with Gasteiger partial charge in [0.1, 0.15) is 11.0 Å². The molecule has 0 amide bonds. The van der Waals surface area contributed by atoms with Crippen molar-refractivity contribution >= 4 is 39.1 Å². The van der Waals surface area contributed by atoms with E-state index in [1.54, 1.807) is 13.2 Å². The summed E-state index contributed by atoms with van der Waals surface area (Å²) in [6.07, 6.45) is 0. The van der Waals surface area contributed by atoms with Gasteiger partial charge in [-0.25, -0.2) is 14.4 Å². The van der Waals surface area contributed by atoms with Crippen molar-refractivity contribution in [2.45, 2.75) is 6.61 Å². The molecule has 7 heteroatoms. The van der Waals surface area contributed by atoms with Crippen molar-refractivity contribution in [1.29, 1.82) is 0 Å². The Morgan fingerprint density at radius 2 is 2.00 bits per heavy atom. The van der Waals surface area contributed by atoms with Crippen LogP contribution in [0.5, 0.6) is 0 Å². The van der Waals surface area contributed by atoms with E-state index in [-0.39, 0.29) is 16.8 Å². The molecule has 0 radical (unpaired) electrons. The van der Waals surface area contributed by atoms with Gasteiger partial charge in [-0.15, -0.1) is 0 Å². The molecule has 1 heterocycles. The lowest BCUT2D eigenvalue weighted by Crippen LogP contribution is -2.00. The molecule has 0 spiro atoms. The minimum atomic E-state index is -0.460. The van der Waals surface area contributed by atoms with Crippen LogP contribution in [-0.2, 0) is 11.3 Å². The third kappa shape index (κ3) is 3.42. The Bertz CT molecular complexity index is 605. The highest BCUT2D eigenvalue weighted by molar-refractivity contribution is 9.10. The fourth-order valence-electron chi connectivity index (χ4n) is 1.51. The van der Waals surface area contributed by atoms with Gasteiger partial charge in [0, 0.05) is 17.7 Å². The molecular weight excluding hydrogens is 358 g/mol. The van der Waals surface area contributed by atoms with Gasteiger partial charge >= 0.3 is 0 Å².